The number of hydrogen-bond donors (Lipinski definition) is 2. The number of rotatable bonds is 4. The van der Waals surface area contributed by atoms with E-state index in [1.165, 1.54) is 18.3 Å². The number of amides is 1. The second-order valence-electron chi connectivity index (χ2n) is 4.15. The first kappa shape index (κ1) is 13.0. The van der Waals surface area contributed by atoms with Crippen molar-refractivity contribution in [3.63, 3.8) is 0 Å². The van der Waals surface area contributed by atoms with Gasteiger partial charge in [-0.15, -0.1) is 0 Å². The van der Waals surface area contributed by atoms with Crippen molar-refractivity contribution in [2.45, 2.75) is 12.8 Å². The quantitative estimate of drug-likeness (QED) is 0.885. The molecule has 0 saturated carbocycles. The molecule has 0 saturated heterocycles. The van der Waals surface area contributed by atoms with Crippen molar-refractivity contribution in [1.29, 1.82) is 0 Å². The van der Waals surface area contributed by atoms with E-state index in [0.29, 0.717) is 24.3 Å². The lowest BCUT2D eigenvalue weighted by atomic mass is 10.1. The highest BCUT2D eigenvalue weighted by Gasteiger charge is 2.03. The van der Waals surface area contributed by atoms with Crippen LogP contribution in [0.15, 0.2) is 42.6 Å². The molecule has 19 heavy (non-hydrogen) atoms. The Morgan fingerprint density at radius 3 is 2.58 bits per heavy atom. The fraction of sp³-hybridized carbons (Fsp3) is 0.143. The Morgan fingerprint density at radius 2 is 1.95 bits per heavy atom. The number of aryl methyl sites for hydroxylation is 1. The molecule has 0 fully saturated rings. The number of aromatic nitrogens is 1. The minimum atomic E-state index is -0.277. The van der Waals surface area contributed by atoms with Crippen LogP contribution in [-0.2, 0) is 11.2 Å². The molecule has 0 atom stereocenters. The highest BCUT2D eigenvalue weighted by molar-refractivity contribution is 5.90. The van der Waals surface area contributed by atoms with E-state index >= 15 is 0 Å². The molecule has 1 aromatic carbocycles. The summed E-state index contributed by atoms with van der Waals surface area (Å²) < 4.78 is 12.7. The van der Waals surface area contributed by atoms with E-state index in [0.717, 1.165) is 5.56 Å². The Hall–Kier alpha value is -2.43. The van der Waals surface area contributed by atoms with Gasteiger partial charge < -0.3 is 11.1 Å². The van der Waals surface area contributed by atoms with Crippen molar-refractivity contribution in [3.05, 3.63) is 54.0 Å². The molecule has 1 aromatic heterocycles. The van der Waals surface area contributed by atoms with Gasteiger partial charge in [-0.2, -0.15) is 0 Å². The molecule has 0 spiro atoms. The van der Waals surface area contributed by atoms with Crippen molar-refractivity contribution in [2.24, 2.45) is 0 Å². The molecule has 0 unspecified atom stereocenters. The fourth-order valence-electron chi connectivity index (χ4n) is 1.61. The summed E-state index contributed by atoms with van der Waals surface area (Å²) in [6.07, 6.45) is 2.40. The van der Waals surface area contributed by atoms with Gasteiger partial charge in [0.25, 0.3) is 0 Å². The number of nitrogens with zero attached hydrogens (tertiary/aromatic N) is 1. The highest BCUT2D eigenvalue weighted by atomic mass is 19.1. The van der Waals surface area contributed by atoms with Crippen molar-refractivity contribution < 1.29 is 9.18 Å². The number of nitrogens with two attached hydrogens (primary N) is 1. The van der Waals surface area contributed by atoms with Crippen molar-refractivity contribution >= 4 is 17.4 Å². The van der Waals surface area contributed by atoms with Gasteiger partial charge in [0.1, 0.15) is 11.6 Å². The van der Waals surface area contributed by atoms with Gasteiger partial charge in [-0.05, 0) is 36.2 Å². The van der Waals surface area contributed by atoms with Crippen molar-refractivity contribution in [1.82, 2.24) is 4.98 Å². The minimum absolute atomic E-state index is 0.115. The van der Waals surface area contributed by atoms with Crippen LogP contribution in [0.3, 0.4) is 0 Å². The van der Waals surface area contributed by atoms with Crippen LogP contribution in [0.1, 0.15) is 12.0 Å². The summed E-state index contributed by atoms with van der Waals surface area (Å²) in [4.78, 5) is 15.6. The Kier molecular flexibility index (Phi) is 4.07. The summed E-state index contributed by atoms with van der Waals surface area (Å²) in [5, 5.41) is 2.72. The zero-order chi connectivity index (χ0) is 13.7. The molecule has 2 rings (SSSR count). The zero-order valence-corrected chi connectivity index (χ0v) is 10.3. The van der Waals surface area contributed by atoms with Crippen LogP contribution >= 0.6 is 0 Å². The van der Waals surface area contributed by atoms with Gasteiger partial charge in [0.2, 0.25) is 5.91 Å². The maximum absolute atomic E-state index is 12.7. The molecule has 1 heterocycles. The van der Waals surface area contributed by atoms with Crippen LogP contribution in [-0.4, -0.2) is 10.9 Å². The lowest BCUT2D eigenvalue weighted by Gasteiger charge is -2.05. The molecule has 0 aliphatic rings. The van der Waals surface area contributed by atoms with E-state index < -0.39 is 0 Å². The Labute approximate surface area is 110 Å². The van der Waals surface area contributed by atoms with Crippen molar-refractivity contribution in [2.75, 3.05) is 11.1 Å². The average molecular weight is 259 g/mol. The molecule has 5 heteroatoms. The van der Waals surface area contributed by atoms with Gasteiger partial charge in [-0.3, -0.25) is 4.79 Å². The van der Waals surface area contributed by atoms with E-state index in [2.05, 4.69) is 10.3 Å². The number of carbonyl (C=O) groups is 1. The standard InChI is InChI=1S/C14H14FN3O/c15-11-4-1-10(2-5-11)3-8-14(19)18-12-6-7-13(16)17-9-12/h1-2,4-7,9H,3,8H2,(H2,16,17)(H,18,19). The average Bonchev–Trinajstić information content (AvgIpc) is 2.41. The van der Waals surface area contributed by atoms with E-state index in [1.54, 1.807) is 24.3 Å². The number of benzene rings is 1. The van der Waals surface area contributed by atoms with Crippen LogP contribution in [0.5, 0.6) is 0 Å². The number of anilines is 2. The maximum atomic E-state index is 12.7. The fourth-order valence-corrected chi connectivity index (χ4v) is 1.61. The van der Waals surface area contributed by atoms with Crippen LogP contribution in [0.2, 0.25) is 0 Å². The summed E-state index contributed by atoms with van der Waals surface area (Å²) in [7, 11) is 0. The molecule has 2 aromatic rings. The normalized spacial score (nSPS) is 10.2. The Balaban J connectivity index is 1.84. The van der Waals surface area contributed by atoms with Crippen LogP contribution in [0.25, 0.3) is 0 Å². The summed E-state index contributed by atoms with van der Waals surface area (Å²) >= 11 is 0. The lowest BCUT2D eigenvalue weighted by molar-refractivity contribution is -0.116. The molecular formula is C14H14FN3O. The largest absolute Gasteiger partial charge is 0.384 e. The summed E-state index contributed by atoms with van der Waals surface area (Å²) in [5.41, 5.74) is 6.98. The molecule has 3 N–H and O–H groups in total. The molecule has 0 aliphatic carbocycles. The van der Waals surface area contributed by atoms with Gasteiger partial charge in [0.05, 0.1) is 11.9 Å². The van der Waals surface area contributed by atoms with Gasteiger partial charge in [0.15, 0.2) is 0 Å². The summed E-state index contributed by atoms with van der Waals surface area (Å²) in [5.74, 6) is 0.0151. The van der Waals surface area contributed by atoms with Crippen LogP contribution in [0, 0.1) is 5.82 Å². The molecular weight excluding hydrogens is 245 g/mol. The third-order valence-corrected chi connectivity index (χ3v) is 2.62. The predicted octanol–water partition coefficient (Wildman–Crippen LogP) is 2.37. The van der Waals surface area contributed by atoms with E-state index in [-0.39, 0.29) is 11.7 Å². The lowest BCUT2D eigenvalue weighted by Crippen LogP contribution is -2.12. The third-order valence-electron chi connectivity index (χ3n) is 2.62. The van der Waals surface area contributed by atoms with E-state index in [4.69, 9.17) is 5.73 Å². The number of nitrogen functional groups attached to an aromatic ring is 1. The van der Waals surface area contributed by atoms with E-state index in [1.807, 2.05) is 0 Å². The number of halogens is 1. The van der Waals surface area contributed by atoms with E-state index in [9.17, 15) is 9.18 Å². The Bertz CT molecular complexity index is 552. The van der Waals surface area contributed by atoms with Crippen LogP contribution in [0.4, 0.5) is 15.9 Å². The minimum Gasteiger partial charge on any atom is -0.384 e. The SMILES string of the molecule is Nc1ccc(NC(=O)CCc2ccc(F)cc2)cn1. The monoisotopic (exact) mass is 259 g/mol. The number of hydrogen-bond acceptors (Lipinski definition) is 3. The first-order valence-electron chi connectivity index (χ1n) is 5.89. The molecule has 0 aliphatic heterocycles. The number of pyridine rings is 1. The molecule has 0 radical (unpaired) electrons. The van der Waals surface area contributed by atoms with Crippen LogP contribution < -0.4 is 11.1 Å². The molecule has 98 valence electrons. The molecule has 4 nitrogen and oxygen atoms in total. The molecule has 1 amide bonds. The smallest absolute Gasteiger partial charge is 0.224 e. The topological polar surface area (TPSA) is 68.0 Å². The number of nitrogens with one attached hydrogen (secondary N) is 1. The predicted molar refractivity (Wildman–Crippen MR) is 72.0 cm³/mol. The Morgan fingerprint density at radius 1 is 1.21 bits per heavy atom. The second-order valence-corrected chi connectivity index (χ2v) is 4.15. The first-order valence-corrected chi connectivity index (χ1v) is 5.89. The zero-order valence-electron chi connectivity index (χ0n) is 10.3. The number of carbonyl (C=O) groups excluding carboxylic acids is 1. The first-order chi connectivity index (χ1) is 9.13. The maximum Gasteiger partial charge on any atom is 0.224 e. The summed E-state index contributed by atoms with van der Waals surface area (Å²) in [6.45, 7) is 0. The molecule has 0 bridgehead atoms. The van der Waals surface area contributed by atoms with Gasteiger partial charge in [-0.1, -0.05) is 12.1 Å². The third kappa shape index (κ3) is 4.06. The second kappa shape index (κ2) is 5.95. The van der Waals surface area contributed by atoms with Crippen molar-refractivity contribution in [3.8, 4) is 0 Å². The van der Waals surface area contributed by atoms with Gasteiger partial charge >= 0.3 is 0 Å². The highest BCUT2D eigenvalue weighted by Crippen LogP contribution is 2.09. The van der Waals surface area contributed by atoms with Gasteiger partial charge in [-0.25, -0.2) is 9.37 Å². The van der Waals surface area contributed by atoms with Gasteiger partial charge in [0, 0.05) is 6.42 Å². The summed E-state index contributed by atoms with van der Waals surface area (Å²) in [6, 6.07) is 9.43.